The maximum atomic E-state index is 13.9. The van der Waals surface area contributed by atoms with Crippen LogP contribution in [-0.2, 0) is 12.8 Å². The van der Waals surface area contributed by atoms with Gasteiger partial charge in [-0.15, -0.1) is 0 Å². The summed E-state index contributed by atoms with van der Waals surface area (Å²) in [7, 11) is 0. The molecule has 35 heavy (non-hydrogen) atoms. The van der Waals surface area contributed by atoms with Crippen molar-refractivity contribution in [3.8, 4) is 17.1 Å². The molecule has 0 spiro atoms. The second-order valence-corrected chi connectivity index (χ2v) is 9.12. The monoisotopic (exact) mass is 491 g/mol. The summed E-state index contributed by atoms with van der Waals surface area (Å²) >= 11 is 0. The van der Waals surface area contributed by atoms with Crippen LogP contribution in [0.25, 0.3) is 27.9 Å². The van der Waals surface area contributed by atoms with Gasteiger partial charge in [0.1, 0.15) is 11.6 Å². The highest BCUT2D eigenvalue weighted by Gasteiger charge is 2.26. The van der Waals surface area contributed by atoms with Gasteiger partial charge in [-0.2, -0.15) is 28.1 Å². The number of hydrogen-bond donors (Lipinski definition) is 3. The molecule has 6 rings (SSSR count). The number of aromatic hydroxyl groups is 1. The number of fused-ring (bicyclic) bond motifs is 4. The highest BCUT2D eigenvalue weighted by molar-refractivity contribution is 7.59. The molecule has 10 heteroatoms. The van der Waals surface area contributed by atoms with Crippen LogP contribution >= 0.6 is 13.5 Å². The van der Waals surface area contributed by atoms with Crippen molar-refractivity contribution < 1.29 is 9.50 Å². The fourth-order valence-electron chi connectivity index (χ4n) is 4.82. The molecule has 0 saturated heterocycles. The number of H-pyrrole nitrogens is 1. The lowest BCUT2D eigenvalue weighted by atomic mass is 9.91. The maximum Gasteiger partial charge on any atom is 0.228 e. The Morgan fingerprint density at radius 2 is 2.06 bits per heavy atom. The number of phenols is 1. The standard InChI is InChI=1S/C25H24FN7O.H2S/c1-13(2)18-12-28-33-24(18)31-23(14-8-15(26)11-27-10-14)32-25(33)29-16-6-7-19-17(9-16)22-20(30-19)4-3-5-21(22)34;/h3-5,8,10-13,16,30,34H,6-7,9H2,1-2H3,(H,29,31,32);1H2/t16-;/m0./s1. The Balaban J connectivity index is 0.00000253. The van der Waals surface area contributed by atoms with Crippen LogP contribution in [0.2, 0.25) is 0 Å². The third-order valence-electron chi connectivity index (χ3n) is 6.50. The van der Waals surface area contributed by atoms with E-state index in [1.807, 2.05) is 18.3 Å². The van der Waals surface area contributed by atoms with E-state index in [4.69, 9.17) is 9.97 Å². The molecule has 4 heterocycles. The summed E-state index contributed by atoms with van der Waals surface area (Å²) in [6.45, 7) is 4.17. The topological polar surface area (TPSA) is 104 Å². The highest BCUT2D eigenvalue weighted by atomic mass is 32.1. The molecule has 4 aromatic heterocycles. The maximum absolute atomic E-state index is 13.9. The van der Waals surface area contributed by atoms with Gasteiger partial charge in [0.25, 0.3) is 0 Å². The molecule has 0 amide bonds. The van der Waals surface area contributed by atoms with Gasteiger partial charge in [-0.3, -0.25) is 4.98 Å². The Hall–Kier alpha value is -3.66. The van der Waals surface area contributed by atoms with E-state index in [2.05, 4.69) is 34.2 Å². The van der Waals surface area contributed by atoms with Crippen molar-refractivity contribution in [3.63, 3.8) is 0 Å². The first-order valence-electron chi connectivity index (χ1n) is 11.4. The number of aromatic amines is 1. The molecule has 0 radical (unpaired) electrons. The number of nitrogens with zero attached hydrogens (tertiary/aromatic N) is 5. The lowest BCUT2D eigenvalue weighted by molar-refractivity contribution is 0.481. The number of hydrogen-bond acceptors (Lipinski definition) is 6. The summed E-state index contributed by atoms with van der Waals surface area (Å²) in [5, 5.41) is 19.4. The van der Waals surface area contributed by atoms with Crippen molar-refractivity contribution in [3.05, 3.63) is 65.5 Å². The molecule has 0 aliphatic heterocycles. The first kappa shape index (κ1) is 23.1. The zero-order valence-corrected chi connectivity index (χ0v) is 20.4. The lowest BCUT2D eigenvalue weighted by Gasteiger charge is -2.24. The van der Waals surface area contributed by atoms with Crippen molar-refractivity contribution in [2.24, 2.45) is 0 Å². The summed E-state index contributed by atoms with van der Waals surface area (Å²) in [5.74, 6) is 1.01. The Kier molecular flexibility index (Phi) is 5.84. The fraction of sp³-hybridized carbons (Fsp3) is 0.280. The molecule has 0 saturated carbocycles. The van der Waals surface area contributed by atoms with E-state index in [0.717, 1.165) is 53.2 Å². The Morgan fingerprint density at radius 1 is 1.20 bits per heavy atom. The van der Waals surface area contributed by atoms with Crippen molar-refractivity contribution in [1.29, 1.82) is 0 Å². The Morgan fingerprint density at radius 3 is 2.86 bits per heavy atom. The summed E-state index contributed by atoms with van der Waals surface area (Å²) < 4.78 is 15.6. The van der Waals surface area contributed by atoms with Crippen LogP contribution in [0.4, 0.5) is 10.3 Å². The predicted molar refractivity (Wildman–Crippen MR) is 138 cm³/mol. The smallest absolute Gasteiger partial charge is 0.228 e. The number of anilines is 1. The van der Waals surface area contributed by atoms with Gasteiger partial charge < -0.3 is 15.4 Å². The molecule has 1 aliphatic carbocycles. The molecular formula is C25H26FN7OS. The number of aromatic nitrogens is 6. The van der Waals surface area contributed by atoms with E-state index in [9.17, 15) is 9.50 Å². The molecule has 0 bridgehead atoms. The SMILES string of the molecule is CC(C)c1cnn2c(N[C@H]3CCc4[nH]c5cccc(O)c5c4C3)nc(-c3cncc(F)c3)nc12.S. The van der Waals surface area contributed by atoms with Crippen LogP contribution < -0.4 is 5.32 Å². The summed E-state index contributed by atoms with van der Waals surface area (Å²) in [5.41, 5.74) is 5.42. The molecule has 8 nitrogen and oxygen atoms in total. The first-order valence-corrected chi connectivity index (χ1v) is 11.4. The van der Waals surface area contributed by atoms with Gasteiger partial charge in [-0.1, -0.05) is 19.9 Å². The third kappa shape index (κ3) is 3.97. The van der Waals surface area contributed by atoms with Crippen molar-refractivity contribution in [1.82, 2.24) is 29.5 Å². The van der Waals surface area contributed by atoms with Gasteiger partial charge in [0.2, 0.25) is 5.95 Å². The highest BCUT2D eigenvalue weighted by Crippen LogP contribution is 2.35. The molecule has 0 unspecified atom stereocenters. The van der Waals surface area contributed by atoms with E-state index < -0.39 is 5.82 Å². The van der Waals surface area contributed by atoms with Crippen LogP contribution in [0.15, 0.2) is 42.9 Å². The average molecular weight is 492 g/mol. The molecule has 5 aromatic rings. The minimum Gasteiger partial charge on any atom is -0.507 e. The van der Waals surface area contributed by atoms with Gasteiger partial charge >= 0.3 is 0 Å². The van der Waals surface area contributed by atoms with E-state index in [-0.39, 0.29) is 31.2 Å². The minimum absolute atomic E-state index is 0. The summed E-state index contributed by atoms with van der Waals surface area (Å²) in [6.07, 6.45) is 7.01. The molecule has 180 valence electrons. The number of aryl methyl sites for hydroxylation is 1. The number of halogens is 1. The van der Waals surface area contributed by atoms with E-state index in [1.165, 1.54) is 6.07 Å². The number of benzene rings is 1. The van der Waals surface area contributed by atoms with Crippen LogP contribution in [0.5, 0.6) is 5.75 Å². The second-order valence-electron chi connectivity index (χ2n) is 9.12. The third-order valence-corrected chi connectivity index (χ3v) is 6.50. The summed E-state index contributed by atoms with van der Waals surface area (Å²) in [6, 6.07) is 7.02. The zero-order valence-electron chi connectivity index (χ0n) is 19.4. The van der Waals surface area contributed by atoms with Crippen LogP contribution in [-0.4, -0.2) is 40.7 Å². The predicted octanol–water partition coefficient (Wildman–Crippen LogP) is 4.72. The van der Waals surface area contributed by atoms with Gasteiger partial charge in [-0.25, -0.2) is 9.37 Å². The van der Waals surface area contributed by atoms with E-state index in [0.29, 0.717) is 23.0 Å². The van der Waals surface area contributed by atoms with E-state index >= 15 is 0 Å². The summed E-state index contributed by atoms with van der Waals surface area (Å²) in [4.78, 5) is 16.8. The number of nitrogens with one attached hydrogen (secondary N) is 2. The van der Waals surface area contributed by atoms with Gasteiger partial charge in [0.15, 0.2) is 11.5 Å². The van der Waals surface area contributed by atoms with Crippen molar-refractivity contribution in [2.45, 2.75) is 45.1 Å². The van der Waals surface area contributed by atoms with Gasteiger partial charge in [0, 0.05) is 40.0 Å². The molecule has 1 aromatic carbocycles. The van der Waals surface area contributed by atoms with E-state index in [1.54, 1.807) is 16.8 Å². The van der Waals surface area contributed by atoms with Gasteiger partial charge in [0.05, 0.1) is 12.4 Å². The van der Waals surface area contributed by atoms with Crippen molar-refractivity contribution in [2.75, 3.05) is 5.32 Å². The minimum atomic E-state index is -0.438. The number of phenolic OH excluding ortho intramolecular Hbond substituents is 1. The Labute approximate surface area is 208 Å². The molecular weight excluding hydrogens is 465 g/mol. The normalized spacial score (nSPS) is 15.4. The zero-order chi connectivity index (χ0) is 23.4. The average Bonchev–Trinajstić information content (AvgIpc) is 3.41. The first-order chi connectivity index (χ1) is 16.5. The van der Waals surface area contributed by atoms with Crippen molar-refractivity contribution >= 4 is 36.0 Å². The molecule has 1 aliphatic rings. The molecule has 1 atom stereocenters. The van der Waals surface area contributed by atoms with Gasteiger partial charge in [-0.05, 0) is 48.9 Å². The fourth-order valence-corrected chi connectivity index (χ4v) is 4.82. The lowest BCUT2D eigenvalue weighted by Crippen LogP contribution is -2.29. The van der Waals surface area contributed by atoms with Crippen LogP contribution in [0.1, 0.15) is 43.0 Å². The quantitative estimate of drug-likeness (QED) is 0.336. The van der Waals surface area contributed by atoms with Crippen LogP contribution in [0.3, 0.4) is 0 Å². The molecule has 0 fully saturated rings. The number of pyridine rings is 1. The largest absolute Gasteiger partial charge is 0.507 e. The van der Waals surface area contributed by atoms with Crippen LogP contribution in [0, 0.1) is 5.82 Å². The molecule has 3 N–H and O–H groups in total. The number of rotatable bonds is 4. The Bertz CT molecular complexity index is 1540. The second kappa shape index (κ2) is 8.84.